The Labute approximate surface area is 145 Å². The van der Waals surface area contributed by atoms with Crippen LogP contribution < -0.4 is 0 Å². The highest BCUT2D eigenvalue weighted by atomic mass is 16.6. The molecule has 6 nitrogen and oxygen atoms in total. The first-order chi connectivity index (χ1) is 12.0. The van der Waals surface area contributed by atoms with E-state index in [0.717, 1.165) is 0 Å². The van der Waals surface area contributed by atoms with Crippen molar-refractivity contribution in [1.82, 2.24) is 0 Å². The minimum absolute atomic E-state index is 0.244. The number of benzene rings is 2. The molecule has 0 spiro atoms. The number of ether oxygens (including phenoxy) is 2. The van der Waals surface area contributed by atoms with Crippen molar-refractivity contribution in [3.8, 4) is 0 Å². The zero-order chi connectivity index (χ0) is 18.2. The SMILES string of the molecule is C[C@H](O)[C@H](OC(=O)c1ccccc1)[C@@H](C=O)OC(=O)c1ccccc1. The molecule has 0 saturated heterocycles. The zero-order valence-corrected chi connectivity index (χ0v) is 13.6. The molecule has 2 rings (SSSR count). The quantitative estimate of drug-likeness (QED) is 0.611. The molecule has 0 aliphatic heterocycles. The molecule has 0 fully saturated rings. The number of rotatable bonds is 7. The fourth-order valence-electron chi connectivity index (χ4n) is 2.14. The van der Waals surface area contributed by atoms with Gasteiger partial charge in [-0.3, -0.25) is 4.79 Å². The van der Waals surface area contributed by atoms with E-state index < -0.39 is 30.3 Å². The standard InChI is InChI=1S/C19H18O6/c1-13(21)17(25-19(23)15-10-6-3-7-11-15)16(12-20)24-18(22)14-8-4-2-5-9-14/h2-13,16-17,21H,1H3/t13-,16+,17-/m0/s1. The lowest BCUT2D eigenvalue weighted by molar-refractivity contribution is -0.127. The van der Waals surface area contributed by atoms with E-state index in [1.165, 1.54) is 31.2 Å². The average molecular weight is 342 g/mol. The van der Waals surface area contributed by atoms with E-state index in [4.69, 9.17) is 9.47 Å². The molecule has 3 atom stereocenters. The maximum absolute atomic E-state index is 12.1. The van der Waals surface area contributed by atoms with Gasteiger partial charge in [0.25, 0.3) is 0 Å². The van der Waals surface area contributed by atoms with Crippen molar-refractivity contribution < 1.29 is 29.0 Å². The predicted molar refractivity (Wildman–Crippen MR) is 89.0 cm³/mol. The smallest absolute Gasteiger partial charge is 0.338 e. The highest BCUT2D eigenvalue weighted by molar-refractivity contribution is 5.91. The predicted octanol–water partition coefficient (Wildman–Crippen LogP) is 2.02. The van der Waals surface area contributed by atoms with Crippen molar-refractivity contribution in [2.75, 3.05) is 0 Å². The van der Waals surface area contributed by atoms with Crippen LogP contribution in [0, 0.1) is 0 Å². The molecule has 0 bridgehead atoms. The summed E-state index contributed by atoms with van der Waals surface area (Å²) in [5.41, 5.74) is 0.500. The molecule has 130 valence electrons. The van der Waals surface area contributed by atoms with Gasteiger partial charge in [0.15, 0.2) is 18.5 Å². The highest BCUT2D eigenvalue weighted by Gasteiger charge is 2.33. The van der Waals surface area contributed by atoms with Crippen LogP contribution >= 0.6 is 0 Å². The van der Waals surface area contributed by atoms with Gasteiger partial charge in [0, 0.05) is 0 Å². The molecule has 0 amide bonds. The minimum atomic E-state index is -1.43. The van der Waals surface area contributed by atoms with E-state index in [-0.39, 0.29) is 11.1 Å². The summed E-state index contributed by atoms with van der Waals surface area (Å²) in [6.07, 6.45) is -3.64. The minimum Gasteiger partial charge on any atom is -0.452 e. The Kier molecular flexibility index (Phi) is 6.42. The Morgan fingerprint density at radius 1 is 0.880 bits per heavy atom. The molecule has 0 aliphatic carbocycles. The second kappa shape index (κ2) is 8.75. The monoisotopic (exact) mass is 342 g/mol. The van der Waals surface area contributed by atoms with Gasteiger partial charge in [-0.15, -0.1) is 0 Å². The molecule has 0 aromatic heterocycles. The number of hydrogen-bond donors (Lipinski definition) is 1. The molecule has 0 unspecified atom stereocenters. The van der Waals surface area contributed by atoms with Crippen LogP contribution in [0.2, 0.25) is 0 Å². The van der Waals surface area contributed by atoms with E-state index in [2.05, 4.69) is 0 Å². The molecule has 0 saturated carbocycles. The fraction of sp³-hybridized carbons (Fsp3) is 0.211. The fourth-order valence-corrected chi connectivity index (χ4v) is 2.14. The van der Waals surface area contributed by atoms with Crippen LogP contribution in [0.15, 0.2) is 60.7 Å². The second-order valence-electron chi connectivity index (χ2n) is 5.35. The number of esters is 2. The summed E-state index contributed by atoms with van der Waals surface area (Å²) in [6.45, 7) is 1.34. The van der Waals surface area contributed by atoms with Gasteiger partial charge < -0.3 is 14.6 Å². The van der Waals surface area contributed by atoms with Crippen LogP contribution in [-0.2, 0) is 14.3 Å². The van der Waals surface area contributed by atoms with Gasteiger partial charge in [-0.2, -0.15) is 0 Å². The molecule has 1 N–H and O–H groups in total. The van der Waals surface area contributed by atoms with E-state index in [0.29, 0.717) is 6.29 Å². The summed E-state index contributed by atoms with van der Waals surface area (Å²) in [5, 5.41) is 9.87. The van der Waals surface area contributed by atoms with Gasteiger partial charge >= 0.3 is 11.9 Å². The van der Waals surface area contributed by atoms with Crippen molar-refractivity contribution in [3.05, 3.63) is 71.8 Å². The van der Waals surface area contributed by atoms with Crippen molar-refractivity contribution in [2.45, 2.75) is 25.2 Å². The van der Waals surface area contributed by atoms with Crippen LogP contribution in [0.5, 0.6) is 0 Å². The molecule has 6 heteroatoms. The third-order valence-electron chi connectivity index (χ3n) is 3.44. The van der Waals surface area contributed by atoms with Gasteiger partial charge in [-0.1, -0.05) is 36.4 Å². The first-order valence-corrected chi connectivity index (χ1v) is 7.68. The first-order valence-electron chi connectivity index (χ1n) is 7.68. The largest absolute Gasteiger partial charge is 0.452 e. The molecule has 2 aromatic carbocycles. The number of carbonyl (C=O) groups excluding carboxylic acids is 3. The van der Waals surface area contributed by atoms with Gasteiger partial charge in [0.05, 0.1) is 17.2 Å². The Morgan fingerprint density at radius 2 is 1.32 bits per heavy atom. The molecule has 0 aliphatic rings. The summed E-state index contributed by atoms with van der Waals surface area (Å²) in [7, 11) is 0. The average Bonchev–Trinajstić information content (AvgIpc) is 2.65. The van der Waals surface area contributed by atoms with E-state index in [1.54, 1.807) is 36.4 Å². The summed E-state index contributed by atoms with van der Waals surface area (Å²) in [4.78, 5) is 35.6. The van der Waals surface area contributed by atoms with E-state index >= 15 is 0 Å². The van der Waals surface area contributed by atoms with Crippen molar-refractivity contribution in [1.29, 1.82) is 0 Å². The molecule has 25 heavy (non-hydrogen) atoms. The van der Waals surface area contributed by atoms with Crippen LogP contribution in [0.4, 0.5) is 0 Å². The Bertz CT molecular complexity index is 711. The molecular formula is C19H18O6. The Balaban J connectivity index is 2.12. The van der Waals surface area contributed by atoms with Crippen molar-refractivity contribution in [3.63, 3.8) is 0 Å². The van der Waals surface area contributed by atoms with Crippen molar-refractivity contribution >= 4 is 18.2 Å². The van der Waals surface area contributed by atoms with Gasteiger partial charge in [-0.25, -0.2) is 9.59 Å². The maximum Gasteiger partial charge on any atom is 0.338 e. The number of aldehydes is 1. The summed E-state index contributed by atoms with van der Waals surface area (Å²) >= 11 is 0. The third-order valence-corrected chi connectivity index (χ3v) is 3.44. The number of carbonyl (C=O) groups is 3. The zero-order valence-electron chi connectivity index (χ0n) is 13.6. The lowest BCUT2D eigenvalue weighted by Gasteiger charge is -2.25. The maximum atomic E-state index is 12.1. The van der Waals surface area contributed by atoms with Crippen LogP contribution in [-0.4, -0.2) is 41.6 Å². The van der Waals surface area contributed by atoms with Gasteiger partial charge in [0.2, 0.25) is 0 Å². The number of hydrogen-bond acceptors (Lipinski definition) is 6. The summed E-state index contributed by atoms with van der Waals surface area (Å²) < 4.78 is 10.3. The van der Waals surface area contributed by atoms with Gasteiger partial charge in [-0.05, 0) is 31.2 Å². The van der Waals surface area contributed by atoms with E-state index in [1.807, 2.05) is 0 Å². The Morgan fingerprint density at radius 3 is 1.72 bits per heavy atom. The van der Waals surface area contributed by atoms with Crippen LogP contribution in [0.3, 0.4) is 0 Å². The summed E-state index contributed by atoms with van der Waals surface area (Å²) in [6, 6.07) is 16.2. The summed E-state index contributed by atoms with van der Waals surface area (Å²) in [5.74, 6) is -1.48. The highest BCUT2D eigenvalue weighted by Crippen LogP contribution is 2.14. The molecule has 0 radical (unpaired) electrons. The third kappa shape index (κ3) is 4.99. The topological polar surface area (TPSA) is 89.9 Å². The molecule has 2 aromatic rings. The number of aliphatic hydroxyl groups is 1. The van der Waals surface area contributed by atoms with E-state index in [9.17, 15) is 19.5 Å². The van der Waals surface area contributed by atoms with Crippen molar-refractivity contribution in [2.24, 2.45) is 0 Å². The lowest BCUT2D eigenvalue weighted by Crippen LogP contribution is -2.43. The first kappa shape index (κ1) is 18.4. The van der Waals surface area contributed by atoms with Crippen LogP contribution in [0.25, 0.3) is 0 Å². The molecule has 0 heterocycles. The lowest BCUT2D eigenvalue weighted by atomic mass is 10.1. The van der Waals surface area contributed by atoms with Gasteiger partial charge in [0.1, 0.15) is 0 Å². The van der Waals surface area contributed by atoms with Crippen LogP contribution in [0.1, 0.15) is 27.6 Å². The second-order valence-corrected chi connectivity index (χ2v) is 5.35. The molecular weight excluding hydrogens is 324 g/mol. The number of aliphatic hydroxyl groups excluding tert-OH is 1. The normalized spacial score (nSPS) is 14.0. The Hall–Kier alpha value is -2.99.